The molecular formula is C12H17BN2O2. The third kappa shape index (κ3) is 1.97. The molecule has 1 aromatic carbocycles. The fourth-order valence-electron chi connectivity index (χ4n) is 1.86. The van der Waals surface area contributed by atoms with Crippen molar-refractivity contribution in [1.82, 2.24) is 9.88 Å². The molecule has 1 aromatic heterocycles. The van der Waals surface area contributed by atoms with Gasteiger partial charge in [-0.05, 0) is 20.2 Å². The van der Waals surface area contributed by atoms with E-state index in [1.807, 2.05) is 24.3 Å². The van der Waals surface area contributed by atoms with Gasteiger partial charge in [0.15, 0.2) is 7.85 Å². The molecule has 1 heterocycles. The van der Waals surface area contributed by atoms with Crippen LogP contribution in [-0.4, -0.2) is 47.7 Å². The molecule has 0 aliphatic rings. The summed E-state index contributed by atoms with van der Waals surface area (Å²) < 4.78 is 0. The third-order valence-electron chi connectivity index (χ3n) is 3.34. The fraction of sp³-hybridized carbons (Fsp3) is 0.333. The van der Waals surface area contributed by atoms with Crippen LogP contribution < -0.4 is 0 Å². The van der Waals surface area contributed by atoms with Crippen LogP contribution in [0.25, 0.3) is 10.9 Å². The molecule has 0 spiro atoms. The molecule has 2 unspecified atom stereocenters. The number of nitrogens with zero attached hydrogens (tertiary/aromatic N) is 1. The summed E-state index contributed by atoms with van der Waals surface area (Å²) in [6, 6.07) is 7.71. The first kappa shape index (κ1) is 12.2. The lowest BCUT2D eigenvalue weighted by molar-refractivity contribution is -0.100. The van der Waals surface area contributed by atoms with Gasteiger partial charge in [-0.25, -0.2) is 0 Å². The highest BCUT2D eigenvalue weighted by molar-refractivity contribution is 6.14. The summed E-state index contributed by atoms with van der Waals surface area (Å²) in [6.45, 7) is 0. The maximum absolute atomic E-state index is 10.3. The Morgan fingerprint density at radius 3 is 2.65 bits per heavy atom. The van der Waals surface area contributed by atoms with Gasteiger partial charge in [0.1, 0.15) is 11.7 Å². The molecule has 0 radical (unpaired) electrons. The molecule has 2 atom stereocenters. The number of aliphatic hydroxyl groups excluding tert-OH is 1. The zero-order valence-corrected chi connectivity index (χ0v) is 10.3. The summed E-state index contributed by atoms with van der Waals surface area (Å²) in [5.41, 5.74) is 0.362. The maximum Gasteiger partial charge on any atom is 0.166 e. The van der Waals surface area contributed by atoms with Crippen molar-refractivity contribution in [3.05, 3.63) is 36.0 Å². The average molecular weight is 232 g/mol. The molecule has 0 aliphatic carbocycles. The molecule has 17 heavy (non-hydrogen) atoms. The lowest BCUT2D eigenvalue weighted by atomic mass is 9.81. The minimum atomic E-state index is -1.30. The van der Waals surface area contributed by atoms with E-state index < -0.39 is 11.7 Å². The summed E-state index contributed by atoms with van der Waals surface area (Å²) >= 11 is 0. The van der Waals surface area contributed by atoms with Crippen molar-refractivity contribution in [2.24, 2.45) is 0 Å². The van der Waals surface area contributed by atoms with Crippen molar-refractivity contribution in [3.63, 3.8) is 0 Å². The van der Waals surface area contributed by atoms with E-state index in [2.05, 4.69) is 4.98 Å². The van der Waals surface area contributed by atoms with Gasteiger partial charge in [-0.1, -0.05) is 18.2 Å². The highest BCUT2D eigenvalue weighted by Gasteiger charge is 2.34. The first-order valence-corrected chi connectivity index (χ1v) is 5.58. The highest BCUT2D eigenvalue weighted by atomic mass is 16.4. The van der Waals surface area contributed by atoms with Crippen LogP contribution in [0.15, 0.2) is 30.5 Å². The number of hydrogen-bond donors (Lipinski definition) is 3. The molecule has 2 rings (SSSR count). The third-order valence-corrected chi connectivity index (χ3v) is 3.34. The molecule has 90 valence electrons. The Morgan fingerprint density at radius 2 is 2.00 bits per heavy atom. The van der Waals surface area contributed by atoms with Crippen LogP contribution in [0.1, 0.15) is 11.7 Å². The summed E-state index contributed by atoms with van der Waals surface area (Å²) in [7, 11) is 5.07. The zero-order valence-electron chi connectivity index (χ0n) is 10.3. The smallest absolute Gasteiger partial charge is 0.166 e. The van der Waals surface area contributed by atoms with E-state index in [1.165, 1.54) is 0 Å². The molecule has 2 aromatic rings. The number of nitrogens with one attached hydrogen (secondary N) is 1. The lowest BCUT2D eigenvalue weighted by Crippen LogP contribution is -2.49. The van der Waals surface area contributed by atoms with Crippen molar-refractivity contribution in [2.45, 2.75) is 11.7 Å². The molecule has 0 amide bonds. The number of H-pyrrole nitrogens is 1. The van der Waals surface area contributed by atoms with Gasteiger partial charge in [0.2, 0.25) is 0 Å². The zero-order chi connectivity index (χ0) is 12.6. The molecule has 4 nitrogen and oxygen atoms in total. The Bertz CT molecular complexity index is 522. The summed E-state index contributed by atoms with van der Waals surface area (Å²) in [4.78, 5) is 4.69. The number of para-hydroxylation sites is 1. The van der Waals surface area contributed by atoms with Gasteiger partial charge in [-0.15, -0.1) is 0 Å². The monoisotopic (exact) mass is 232 g/mol. The fourth-order valence-corrected chi connectivity index (χ4v) is 1.86. The van der Waals surface area contributed by atoms with Gasteiger partial charge in [0.05, 0.1) is 0 Å². The Kier molecular flexibility index (Phi) is 2.99. The van der Waals surface area contributed by atoms with Gasteiger partial charge in [0, 0.05) is 22.7 Å². The Hall–Kier alpha value is -1.30. The molecule has 5 heteroatoms. The minimum Gasteiger partial charge on any atom is -0.385 e. The van der Waals surface area contributed by atoms with Gasteiger partial charge in [0.25, 0.3) is 0 Å². The normalized spacial score (nSPS) is 17.2. The molecule has 0 fully saturated rings. The number of aliphatic hydroxyl groups is 2. The predicted molar refractivity (Wildman–Crippen MR) is 70.4 cm³/mol. The van der Waals surface area contributed by atoms with Crippen LogP contribution in [0.4, 0.5) is 0 Å². The van der Waals surface area contributed by atoms with Crippen molar-refractivity contribution in [1.29, 1.82) is 0 Å². The van der Waals surface area contributed by atoms with Crippen molar-refractivity contribution in [3.8, 4) is 0 Å². The van der Waals surface area contributed by atoms with Crippen LogP contribution in [0, 0.1) is 0 Å². The van der Waals surface area contributed by atoms with Gasteiger partial charge in [-0.3, -0.25) is 4.90 Å². The van der Waals surface area contributed by atoms with E-state index in [0.717, 1.165) is 10.9 Å². The molecule has 0 bridgehead atoms. The quantitative estimate of drug-likeness (QED) is 0.517. The minimum absolute atomic E-state index is 0.708. The van der Waals surface area contributed by atoms with Crippen molar-refractivity contribution in [2.75, 3.05) is 14.1 Å². The first-order valence-electron chi connectivity index (χ1n) is 5.58. The summed E-state index contributed by atoms with van der Waals surface area (Å²) in [5, 5.41) is 21.5. The first-order chi connectivity index (χ1) is 7.94. The topological polar surface area (TPSA) is 59.5 Å². The van der Waals surface area contributed by atoms with Crippen LogP contribution in [0.3, 0.4) is 0 Å². The van der Waals surface area contributed by atoms with Gasteiger partial charge >= 0.3 is 0 Å². The maximum atomic E-state index is 10.3. The number of fused-ring (bicyclic) bond motifs is 1. The van der Waals surface area contributed by atoms with E-state index in [9.17, 15) is 10.2 Å². The molecule has 3 N–H and O–H groups in total. The second kappa shape index (κ2) is 4.18. The van der Waals surface area contributed by atoms with Crippen LogP contribution >= 0.6 is 0 Å². The highest BCUT2D eigenvalue weighted by Crippen LogP contribution is 2.30. The number of likely N-dealkylation sites (N-methyl/N-ethyl adjacent to an activating group) is 1. The van der Waals surface area contributed by atoms with Crippen LogP contribution in [-0.2, 0) is 0 Å². The van der Waals surface area contributed by atoms with E-state index in [-0.39, 0.29) is 0 Å². The summed E-state index contributed by atoms with van der Waals surface area (Å²) in [5.74, 6) is 0. The number of aromatic amines is 1. The number of aromatic nitrogens is 1. The standard InChI is InChI=1S/C12H17BN2O2/c1-15(2)12(13,17)11(16)9-7-14-10-6-4-3-5-8(9)10/h3-7,11,14,16-17H,13H2,1-2H3. The van der Waals surface area contributed by atoms with Gasteiger partial charge in [-0.2, -0.15) is 0 Å². The van der Waals surface area contributed by atoms with E-state index in [0.29, 0.717) is 5.56 Å². The van der Waals surface area contributed by atoms with Crippen molar-refractivity contribution < 1.29 is 10.2 Å². The summed E-state index contributed by atoms with van der Waals surface area (Å²) in [6.07, 6.45) is 0.779. The van der Waals surface area contributed by atoms with E-state index in [4.69, 9.17) is 0 Å². The number of hydrogen-bond acceptors (Lipinski definition) is 3. The second-order valence-electron chi connectivity index (χ2n) is 4.68. The van der Waals surface area contributed by atoms with Crippen LogP contribution in [0.5, 0.6) is 0 Å². The van der Waals surface area contributed by atoms with Crippen molar-refractivity contribution >= 4 is 18.7 Å². The Balaban J connectivity index is 2.47. The molecule has 0 aliphatic heterocycles. The SMILES string of the molecule is BC(O)(C(O)c1c[nH]c2ccccc12)N(C)C. The number of rotatable bonds is 3. The Labute approximate surface area is 101 Å². The molecule has 0 saturated carbocycles. The van der Waals surface area contributed by atoms with Gasteiger partial charge < -0.3 is 15.2 Å². The molecule has 0 saturated heterocycles. The average Bonchev–Trinajstić information content (AvgIpc) is 2.71. The molecular weight excluding hydrogens is 215 g/mol. The Morgan fingerprint density at radius 1 is 1.35 bits per heavy atom. The predicted octanol–water partition coefficient (Wildman–Crippen LogP) is 0.0421. The lowest BCUT2D eigenvalue weighted by Gasteiger charge is -2.35. The number of benzene rings is 1. The van der Waals surface area contributed by atoms with Crippen LogP contribution in [0.2, 0.25) is 0 Å². The van der Waals surface area contributed by atoms with E-state index in [1.54, 1.807) is 33.0 Å². The van der Waals surface area contributed by atoms with E-state index >= 15 is 0 Å². The second-order valence-corrected chi connectivity index (χ2v) is 4.68. The largest absolute Gasteiger partial charge is 0.385 e.